The second-order valence-corrected chi connectivity index (χ2v) is 8.28. The van der Waals surface area contributed by atoms with Gasteiger partial charge in [-0.25, -0.2) is 0 Å². The third-order valence-corrected chi connectivity index (χ3v) is 4.94. The van der Waals surface area contributed by atoms with Gasteiger partial charge in [-0.05, 0) is 67.6 Å². The van der Waals surface area contributed by atoms with E-state index in [-0.39, 0.29) is 17.9 Å². The molecule has 0 heterocycles. The number of hydrogen-bond acceptors (Lipinski definition) is 5. The van der Waals surface area contributed by atoms with Crippen LogP contribution in [0.4, 0.5) is 13.2 Å². The Morgan fingerprint density at radius 1 is 0.943 bits per heavy atom. The van der Waals surface area contributed by atoms with Crippen molar-refractivity contribution in [2.75, 3.05) is 6.61 Å². The van der Waals surface area contributed by atoms with E-state index < -0.39 is 23.6 Å². The van der Waals surface area contributed by atoms with Gasteiger partial charge in [0.05, 0.1) is 6.07 Å². The summed E-state index contributed by atoms with van der Waals surface area (Å²) < 4.78 is 52.3. The smallest absolute Gasteiger partial charge is 0.486 e. The Hall–Kier alpha value is -3.61. The lowest BCUT2D eigenvalue weighted by Gasteiger charge is -2.24. The van der Waals surface area contributed by atoms with E-state index in [1.165, 1.54) is 13.0 Å². The first-order valence-electron chi connectivity index (χ1n) is 9.92. The average molecular weight is 525 g/mol. The highest BCUT2D eigenvalue weighted by Gasteiger charge is 2.31. The summed E-state index contributed by atoms with van der Waals surface area (Å²) in [6.07, 6.45) is -4.85. The summed E-state index contributed by atoms with van der Waals surface area (Å²) in [4.78, 5) is 12.6. The predicted molar refractivity (Wildman–Crippen MR) is 123 cm³/mol. The maximum Gasteiger partial charge on any atom is 0.573 e. The third kappa shape index (κ3) is 7.70. The number of amides is 1. The van der Waals surface area contributed by atoms with Crippen molar-refractivity contribution in [1.29, 1.82) is 5.26 Å². The average Bonchev–Trinajstić information content (AvgIpc) is 2.80. The lowest BCUT2D eigenvalue weighted by atomic mass is 10.0. The number of nitrogens with zero attached hydrogens (tertiary/aromatic N) is 1. The lowest BCUT2D eigenvalue weighted by Crippen LogP contribution is -2.49. The highest BCUT2D eigenvalue weighted by Crippen LogP contribution is 2.35. The molecule has 11 heteroatoms. The van der Waals surface area contributed by atoms with Gasteiger partial charge in [0.15, 0.2) is 17.0 Å². The van der Waals surface area contributed by atoms with Crippen LogP contribution in [0.3, 0.4) is 0 Å². The van der Waals surface area contributed by atoms with Crippen molar-refractivity contribution in [2.24, 2.45) is 0 Å². The fraction of sp³-hybridized carbons (Fsp3) is 0.167. The zero-order valence-corrected chi connectivity index (χ0v) is 19.5. The minimum atomic E-state index is -4.85. The summed E-state index contributed by atoms with van der Waals surface area (Å²) in [5.74, 6) is -0.161. The zero-order valence-electron chi connectivity index (χ0n) is 18.0. The van der Waals surface area contributed by atoms with Gasteiger partial charge in [-0.3, -0.25) is 4.79 Å². The number of ether oxygens (including phenoxy) is 3. The van der Waals surface area contributed by atoms with Gasteiger partial charge >= 0.3 is 6.36 Å². The van der Waals surface area contributed by atoms with Crippen LogP contribution in [0, 0.1) is 11.3 Å². The molecule has 0 fully saturated rings. The summed E-state index contributed by atoms with van der Waals surface area (Å²) in [6, 6.07) is 17.5. The highest BCUT2D eigenvalue weighted by atomic mass is 35.5. The molecule has 0 radical (unpaired) electrons. The number of carbonyl (C=O) groups excluding carboxylic acids is 1. The van der Waals surface area contributed by atoms with Crippen LogP contribution in [0.25, 0.3) is 0 Å². The topological polar surface area (TPSA) is 80.6 Å². The first-order chi connectivity index (χ1) is 16.5. The number of rotatable bonds is 8. The van der Waals surface area contributed by atoms with Gasteiger partial charge in [0.1, 0.15) is 18.1 Å². The first kappa shape index (κ1) is 26.0. The molecule has 1 atom stereocenters. The standard InChI is InChI=1S/C24H17Cl2F3N2O4/c1-23(13-30,31-22(32)15-2-7-19(8-3-15)35-24(27,28)29)14-33-21-12-17(26)6-11-20(21)34-18-9-4-16(25)5-10-18/h2-12H,14H2,1H3,(H,31,32). The monoisotopic (exact) mass is 524 g/mol. The van der Waals surface area contributed by atoms with E-state index >= 15 is 0 Å². The van der Waals surface area contributed by atoms with Crippen molar-refractivity contribution in [3.63, 3.8) is 0 Å². The molecular weight excluding hydrogens is 508 g/mol. The number of alkyl halides is 3. The molecule has 182 valence electrons. The molecule has 0 bridgehead atoms. The van der Waals surface area contributed by atoms with Gasteiger partial charge in [0.25, 0.3) is 5.91 Å². The van der Waals surface area contributed by atoms with Gasteiger partial charge in [-0.1, -0.05) is 23.2 Å². The van der Waals surface area contributed by atoms with Crippen LogP contribution in [0.2, 0.25) is 10.0 Å². The molecule has 0 aromatic heterocycles. The Bertz CT molecular complexity index is 1230. The molecule has 3 aromatic rings. The van der Waals surface area contributed by atoms with E-state index in [0.717, 1.165) is 24.3 Å². The van der Waals surface area contributed by atoms with E-state index in [2.05, 4.69) is 10.1 Å². The van der Waals surface area contributed by atoms with E-state index in [4.69, 9.17) is 32.7 Å². The number of carbonyl (C=O) groups is 1. The SMILES string of the molecule is CC(C#N)(COc1cc(Cl)ccc1Oc1ccc(Cl)cc1)NC(=O)c1ccc(OC(F)(F)F)cc1. The Morgan fingerprint density at radius 2 is 1.54 bits per heavy atom. The number of hydrogen-bond donors (Lipinski definition) is 1. The van der Waals surface area contributed by atoms with Gasteiger partial charge < -0.3 is 19.5 Å². The van der Waals surface area contributed by atoms with E-state index in [1.807, 2.05) is 6.07 Å². The van der Waals surface area contributed by atoms with Crippen LogP contribution in [0.15, 0.2) is 66.7 Å². The highest BCUT2D eigenvalue weighted by molar-refractivity contribution is 6.31. The van der Waals surface area contributed by atoms with Gasteiger partial charge in [0, 0.05) is 21.7 Å². The fourth-order valence-electron chi connectivity index (χ4n) is 2.76. The Morgan fingerprint density at radius 3 is 2.14 bits per heavy atom. The molecule has 1 amide bonds. The van der Waals surface area contributed by atoms with Crippen LogP contribution in [0.5, 0.6) is 23.0 Å². The van der Waals surface area contributed by atoms with Crippen molar-refractivity contribution < 1.29 is 32.2 Å². The molecule has 1 N–H and O–H groups in total. The van der Waals surface area contributed by atoms with Crippen LogP contribution in [-0.2, 0) is 0 Å². The Kier molecular flexibility index (Phi) is 7.99. The maximum absolute atomic E-state index is 12.6. The number of nitrogens with one attached hydrogen (secondary N) is 1. The predicted octanol–water partition coefficient (Wildman–Crippen LogP) is 6.78. The minimum absolute atomic E-state index is 0.0236. The van der Waals surface area contributed by atoms with Gasteiger partial charge in [0.2, 0.25) is 0 Å². The first-order valence-corrected chi connectivity index (χ1v) is 10.7. The van der Waals surface area contributed by atoms with E-state index in [0.29, 0.717) is 21.5 Å². The third-order valence-electron chi connectivity index (χ3n) is 4.45. The van der Waals surface area contributed by atoms with Gasteiger partial charge in [-0.15, -0.1) is 13.2 Å². The molecule has 0 aliphatic carbocycles. The molecule has 1 unspecified atom stereocenters. The second-order valence-electron chi connectivity index (χ2n) is 7.41. The molecule has 3 aromatic carbocycles. The van der Waals surface area contributed by atoms with Crippen LogP contribution in [0.1, 0.15) is 17.3 Å². The van der Waals surface area contributed by atoms with Crippen molar-refractivity contribution in [3.05, 3.63) is 82.3 Å². The summed E-state index contributed by atoms with van der Waals surface area (Å²) in [5.41, 5.74) is -1.48. The molecular formula is C24H17Cl2F3N2O4. The second kappa shape index (κ2) is 10.8. The molecule has 0 spiro atoms. The molecule has 6 nitrogen and oxygen atoms in total. The number of benzene rings is 3. The molecule has 3 rings (SSSR count). The largest absolute Gasteiger partial charge is 0.573 e. The van der Waals surface area contributed by atoms with Crippen LogP contribution >= 0.6 is 23.2 Å². The van der Waals surface area contributed by atoms with E-state index in [9.17, 15) is 23.2 Å². The van der Waals surface area contributed by atoms with Crippen molar-refractivity contribution >= 4 is 29.1 Å². The lowest BCUT2D eigenvalue weighted by molar-refractivity contribution is -0.274. The molecule has 0 aliphatic heterocycles. The van der Waals surface area contributed by atoms with Crippen molar-refractivity contribution in [1.82, 2.24) is 5.32 Å². The van der Waals surface area contributed by atoms with Gasteiger partial charge in [-0.2, -0.15) is 5.26 Å². The van der Waals surface area contributed by atoms with Crippen molar-refractivity contribution in [3.8, 4) is 29.1 Å². The number of nitriles is 1. The summed E-state index contributed by atoms with van der Waals surface area (Å²) in [6.45, 7) is 1.14. The Labute approximate surface area is 208 Å². The summed E-state index contributed by atoms with van der Waals surface area (Å²) in [7, 11) is 0. The van der Waals surface area contributed by atoms with Crippen molar-refractivity contribution in [2.45, 2.75) is 18.8 Å². The number of halogens is 5. The normalized spacial score (nSPS) is 12.7. The summed E-state index contributed by atoms with van der Waals surface area (Å²) >= 11 is 12.0. The summed E-state index contributed by atoms with van der Waals surface area (Å²) in [5, 5.41) is 13.1. The Balaban J connectivity index is 1.70. The maximum atomic E-state index is 12.6. The molecule has 35 heavy (non-hydrogen) atoms. The van der Waals surface area contributed by atoms with Crippen LogP contribution in [-0.4, -0.2) is 24.4 Å². The van der Waals surface area contributed by atoms with E-state index in [1.54, 1.807) is 36.4 Å². The molecule has 0 saturated carbocycles. The molecule has 0 saturated heterocycles. The fourth-order valence-corrected chi connectivity index (χ4v) is 3.05. The van der Waals surface area contributed by atoms with Crippen LogP contribution < -0.4 is 19.5 Å². The minimum Gasteiger partial charge on any atom is -0.486 e. The molecule has 0 aliphatic rings. The quantitative estimate of drug-likeness (QED) is 0.351. The zero-order chi connectivity index (χ0) is 25.6.